The second kappa shape index (κ2) is 7.65. The van der Waals surface area contributed by atoms with Crippen molar-refractivity contribution in [3.05, 3.63) is 53.6 Å². The fourth-order valence-electron chi connectivity index (χ4n) is 3.47. The van der Waals surface area contributed by atoms with E-state index < -0.39 is 0 Å². The van der Waals surface area contributed by atoms with Gasteiger partial charge in [-0.15, -0.1) is 0 Å². The van der Waals surface area contributed by atoms with Crippen LogP contribution in [0.1, 0.15) is 49.6 Å². The molecule has 4 nitrogen and oxygen atoms in total. The van der Waals surface area contributed by atoms with E-state index in [1.807, 2.05) is 17.3 Å². The summed E-state index contributed by atoms with van der Waals surface area (Å²) in [4.78, 5) is 19.2. The minimum Gasteiger partial charge on any atom is -0.335 e. The molecule has 2 aromatic rings. The largest absolute Gasteiger partial charge is 0.335 e. The Morgan fingerprint density at radius 3 is 2.62 bits per heavy atom. The first-order valence-corrected chi connectivity index (χ1v) is 9.01. The standard InChI is InChI=1S/C20H27N3O/c1-3-22(20(24)18-6-4-5-7-18)15-19-21-12-13-23(19)14-17-10-8-16(2)9-11-17/h8-13,18H,3-7,14-15H2,1-2H3. The summed E-state index contributed by atoms with van der Waals surface area (Å²) in [7, 11) is 0. The lowest BCUT2D eigenvalue weighted by Gasteiger charge is -2.24. The molecule has 24 heavy (non-hydrogen) atoms. The van der Waals surface area contributed by atoms with Gasteiger partial charge in [0.25, 0.3) is 0 Å². The average Bonchev–Trinajstić information content (AvgIpc) is 3.26. The topological polar surface area (TPSA) is 38.1 Å². The fraction of sp³-hybridized carbons (Fsp3) is 0.500. The Hall–Kier alpha value is -2.10. The molecule has 1 aliphatic rings. The second-order valence-corrected chi connectivity index (χ2v) is 6.79. The molecule has 0 saturated heterocycles. The van der Waals surface area contributed by atoms with Crippen molar-refractivity contribution < 1.29 is 4.79 Å². The number of carbonyl (C=O) groups is 1. The van der Waals surface area contributed by atoms with Crippen molar-refractivity contribution in [3.63, 3.8) is 0 Å². The van der Waals surface area contributed by atoms with Gasteiger partial charge in [-0.2, -0.15) is 0 Å². The smallest absolute Gasteiger partial charge is 0.226 e. The van der Waals surface area contributed by atoms with Gasteiger partial charge in [-0.25, -0.2) is 4.98 Å². The summed E-state index contributed by atoms with van der Waals surface area (Å²) in [6, 6.07) is 8.57. The lowest BCUT2D eigenvalue weighted by molar-refractivity contribution is -0.135. The summed E-state index contributed by atoms with van der Waals surface area (Å²) >= 11 is 0. The molecule has 1 aromatic carbocycles. The maximum Gasteiger partial charge on any atom is 0.226 e. The molecule has 1 heterocycles. The van der Waals surface area contributed by atoms with E-state index in [0.717, 1.165) is 31.8 Å². The van der Waals surface area contributed by atoms with Crippen LogP contribution in [-0.2, 0) is 17.9 Å². The van der Waals surface area contributed by atoms with Crippen molar-refractivity contribution in [2.75, 3.05) is 6.54 Å². The summed E-state index contributed by atoms with van der Waals surface area (Å²) in [5, 5.41) is 0. The number of aryl methyl sites for hydroxylation is 1. The second-order valence-electron chi connectivity index (χ2n) is 6.79. The minimum absolute atomic E-state index is 0.227. The van der Waals surface area contributed by atoms with Crippen LogP contribution in [0.25, 0.3) is 0 Å². The molecule has 0 atom stereocenters. The molecule has 3 rings (SSSR count). The van der Waals surface area contributed by atoms with Crippen molar-refractivity contribution >= 4 is 5.91 Å². The zero-order valence-corrected chi connectivity index (χ0v) is 14.7. The maximum absolute atomic E-state index is 12.7. The van der Waals surface area contributed by atoms with E-state index in [-0.39, 0.29) is 5.92 Å². The van der Waals surface area contributed by atoms with E-state index in [0.29, 0.717) is 12.5 Å². The molecule has 0 aliphatic heterocycles. The molecule has 128 valence electrons. The summed E-state index contributed by atoms with van der Waals surface area (Å²) in [5.41, 5.74) is 2.52. The first kappa shape index (κ1) is 16.7. The molecule has 4 heteroatoms. The van der Waals surface area contributed by atoms with Crippen LogP contribution in [0.3, 0.4) is 0 Å². The predicted molar refractivity (Wildman–Crippen MR) is 95.6 cm³/mol. The van der Waals surface area contributed by atoms with Crippen LogP contribution in [0.4, 0.5) is 0 Å². The van der Waals surface area contributed by atoms with Crippen LogP contribution in [0.15, 0.2) is 36.7 Å². The number of benzene rings is 1. The van der Waals surface area contributed by atoms with Crippen molar-refractivity contribution in [2.24, 2.45) is 5.92 Å². The van der Waals surface area contributed by atoms with Gasteiger partial charge < -0.3 is 9.47 Å². The number of hydrogen-bond acceptors (Lipinski definition) is 2. The Bertz CT molecular complexity index is 668. The summed E-state index contributed by atoms with van der Waals surface area (Å²) in [6.45, 7) is 6.29. The third kappa shape index (κ3) is 3.86. The number of rotatable bonds is 6. The highest BCUT2D eigenvalue weighted by Crippen LogP contribution is 2.27. The Kier molecular flexibility index (Phi) is 5.34. The SMILES string of the molecule is CCN(Cc1nccn1Cc1ccc(C)cc1)C(=O)C1CCCC1. The van der Waals surface area contributed by atoms with E-state index in [1.54, 1.807) is 0 Å². The van der Waals surface area contributed by atoms with Gasteiger partial charge in [0.05, 0.1) is 6.54 Å². The number of nitrogens with zero attached hydrogens (tertiary/aromatic N) is 3. The highest BCUT2D eigenvalue weighted by molar-refractivity contribution is 5.79. The average molecular weight is 325 g/mol. The molecule has 1 amide bonds. The molecule has 1 aromatic heterocycles. The summed E-state index contributed by atoms with van der Waals surface area (Å²) in [5.74, 6) is 1.49. The molecular formula is C20H27N3O. The van der Waals surface area contributed by atoms with Crippen molar-refractivity contribution in [2.45, 2.75) is 52.6 Å². The summed E-state index contributed by atoms with van der Waals surface area (Å²) in [6.07, 6.45) is 8.31. The highest BCUT2D eigenvalue weighted by atomic mass is 16.2. The molecule has 0 bridgehead atoms. The fourth-order valence-corrected chi connectivity index (χ4v) is 3.47. The quantitative estimate of drug-likeness (QED) is 0.810. The Morgan fingerprint density at radius 2 is 1.96 bits per heavy atom. The Balaban J connectivity index is 1.69. The van der Waals surface area contributed by atoms with Crippen LogP contribution >= 0.6 is 0 Å². The van der Waals surface area contributed by atoms with E-state index in [1.165, 1.54) is 24.0 Å². The van der Waals surface area contributed by atoms with Gasteiger partial charge in [-0.1, -0.05) is 42.7 Å². The van der Waals surface area contributed by atoms with E-state index in [4.69, 9.17) is 0 Å². The van der Waals surface area contributed by atoms with Gasteiger partial charge in [-0.05, 0) is 32.3 Å². The van der Waals surface area contributed by atoms with Crippen molar-refractivity contribution in [1.29, 1.82) is 0 Å². The monoisotopic (exact) mass is 325 g/mol. The Labute approximate surface area is 144 Å². The van der Waals surface area contributed by atoms with E-state index in [2.05, 4.69) is 47.7 Å². The molecule has 1 fully saturated rings. The molecule has 0 N–H and O–H groups in total. The van der Waals surface area contributed by atoms with Gasteiger partial charge in [0.1, 0.15) is 5.82 Å². The zero-order chi connectivity index (χ0) is 16.9. The third-order valence-electron chi connectivity index (χ3n) is 5.01. The van der Waals surface area contributed by atoms with Crippen LogP contribution in [-0.4, -0.2) is 26.9 Å². The first-order chi connectivity index (χ1) is 11.7. The minimum atomic E-state index is 0.227. The molecule has 0 unspecified atom stereocenters. The van der Waals surface area contributed by atoms with Gasteiger partial charge in [0, 0.05) is 31.4 Å². The van der Waals surface area contributed by atoms with Gasteiger partial charge in [0.2, 0.25) is 5.91 Å². The van der Waals surface area contributed by atoms with Gasteiger partial charge in [0.15, 0.2) is 0 Å². The number of amides is 1. The molecule has 1 saturated carbocycles. The highest BCUT2D eigenvalue weighted by Gasteiger charge is 2.27. The van der Waals surface area contributed by atoms with Crippen LogP contribution in [0, 0.1) is 12.8 Å². The number of hydrogen-bond donors (Lipinski definition) is 0. The van der Waals surface area contributed by atoms with E-state index in [9.17, 15) is 4.79 Å². The first-order valence-electron chi connectivity index (χ1n) is 9.01. The van der Waals surface area contributed by atoms with Crippen LogP contribution in [0.2, 0.25) is 0 Å². The molecule has 0 spiro atoms. The van der Waals surface area contributed by atoms with Gasteiger partial charge >= 0.3 is 0 Å². The predicted octanol–water partition coefficient (Wildman–Crippen LogP) is 3.78. The van der Waals surface area contributed by atoms with Crippen molar-refractivity contribution in [3.8, 4) is 0 Å². The van der Waals surface area contributed by atoms with E-state index >= 15 is 0 Å². The maximum atomic E-state index is 12.7. The normalized spacial score (nSPS) is 14.9. The molecule has 1 aliphatic carbocycles. The number of carbonyl (C=O) groups excluding carboxylic acids is 1. The molecule has 0 radical (unpaired) electrons. The Morgan fingerprint density at radius 1 is 1.25 bits per heavy atom. The third-order valence-corrected chi connectivity index (χ3v) is 5.01. The number of imidazole rings is 1. The van der Waals surface area contributed by atoms with Crippen molar-refractivity contribution in [1.82, 2.24) is 14.5 Å². The zero-order valence-electron chi connectivity index (χ0n) is 14.7. The number of aromatic nitrogens is 2. The van der Waals surface area contributed by atoms with Crippen LogP contribution < -0.4 is 0 Å². The lowest BCUT2D eigenvalue weighted by Crippen LogP contribution is -2.35. The lowest BCUT2D eigenvalue weighted by atomic mass is 10.1. The summed E-state index contributed by atoms with van der Waals surface area (Å²) < 4.78 is 2.15. The van der Waals surface area contributed by atoms with Crippen LogP contribution in [0.5, 0.6) is 0 Å². The molecular weight excluding hydrogens is 298 g/mol. The van der Waals surface area contributed by atoms with Gasteiger partial charge in [-0.3, -0.25) is 4.79 Å².